The van der Waals surface area contributed by atoms with Gasteiger partial charge in [-0.1, -0.05) is 23.7 Å². The van der Waals surface area contributed by atoms with Gasteiger partial charge in [0.05, 0.1) is 5.02 Å². The van der Waals surface area contributed by atoms with Crippen LogP contribution in [0.2, 0.25) is 5.02 Å². The molecule has 1 aromatic rings. The lowest BCUT2D eigenvalue weighted by atomic mass is 9.91. The lowest BCUT2D eigenvalue weighted by Gasteiger charge is -2.21. The number of hydrogen-bond donors (Lipinski definition) is 1. The van der Waals surface area contributed by atoms with Crippen molar-refractivity contribution in [3.8, 4) is 0 Å². The van der Waals surface area contributed by atoms with Gasteiger partial charge in [0.15, 0.2) is 5.78 Å². The van der Waals surface area contributed by atoms with Gasteiger partial charge < -0.3 is 5.32 Å². The van der Waals surface area contributed by atoms with E-state index in [1.807, 2.05) is 12.1 Å². The minimum Gasteiger partial charge on any atom is -0.316 e. The quantitative estimate of drug-likeness (QED) is 0.781. The molecule has 2 rings (SSSR count). The molecule has 0 bridgehead atoms. The summed E-state index contributed by atoms with van der Waals surface area (Å²) >= 11 is 6.00. The van der Waals surface area contributed by atoms with E-state index in [1.165, 1.54) is 0 Å². The molecule has 1 heterocycles. The number of Topliss-reactive ketones (excluding diaryl/α,β-unsaturated/α-hetero) is 1. The molecule has 0 aliphatic carbocycles. The van der Waals surface area contributed by atoms with Crippen LogP contribution in [0.5, 0.6) is 0 Å². The van der Waals surface area contributed by atoms with Crippen LogP contribution in [0.1, 0.15) is 23.2 Å². The van der Waals surface area contributed by atoms with Gasteiger partial charge in [0.1, 0.15) is 0 Å². The maximum absolute atomic E-state index is 12.1. The molecule has 1 saturated heterocycles. The van der Waals surface area contributed by atoms with Gasteiger partial charge in [0, 0.05) is 18.0 Å². The van der Waals surface area contributed by atoms with Crippen LogP contribution in [0.15, 0.2) is 24.3 Å². The molecule has 1 unspecified atom stereocenters. The van der Waals surface area contributed by atoms with Gasteiger partial charge in [-0.05, 0) is 31.5 Å². The van der Waals surface area contributed by atoms with Crippen LogP contribution in [0, 0.1) is 5.92 Å². The van der Waals surface area contributed by atoms with E-state index >= 15 is 0 Å². The van der Waals surface area contributed by atoms with E-state index in [4.69, 9.17) is 11.6 Å². The molecule has 1 aliphatic heterocycles. The standard InChI is InChI=1S/C12H14ClNO/c13-11-6-2-1-5-10(11)12(15)9-4-3-7-14-8-9/h1-2,5-6,9,14H,3-4,7-8H2. The molecule has 0 radical (unpaired) electrons. The topological polar surface area (TPSA) is 29.1 Å². The number of hydrogen-bond acceptors (Lipinski definition) is 2. The minimum atomic E-state index is 0.0960. The summed E-state index contributed by atoms with van der Waals surface area (Å²) in [5.74, 6) is 0.270. The number of carbonyl (C=O) groups is 1. The normalized spacial score (nSPS) is 21.3. The van der Waals surface area contributed by atoms with Gasteiger partial charge in [0.2, 0.25) is 0 Å². The predicted molar refractivity (Wildman–Crippen MR) is 61.4 cm³/mol. The molecule has 2 nitrogen and oxygen atoms in total. The summed E-state index contributed by atoms with van der Waals surface area (Å²) in [5.41, 5.74) is 0.660. The Balaban J connectivity index is 2.16. The third kappa shape index (κ3) is 2.39. The fourth-order valence-electron chi connectivity index (χ4n) is 1.96. The number of rotatable bonds is 2. The SMILES string of the molecule is O=C(c1ccccc1Cl)C1CCCNC1. The zero-order valence-corrected chi connectivity index (χ0v) is 9.26. The number of piperidine rings is 1. The Bertz CT molecular complexity index is 358. The third-order valence-corrected chi connectivity index (χ3v) is 3.14. The average Bonchev–Trinajstić information content (AvgIpc) is 2.30. The lowest BCUT2D eigenvalue weighted by molar-refractivity contribution is 0.0900. The summed E-state index contributed by atoms with van der Waals surface area (Å²) in [7, 11) is 0. The monoisotopic (exact) mass is 223 g/mol. The van der Waals surface area contributed by atoms with E-state index in [2.05, 4.69) is 5.32 Å². The second kappa shape index (κ2) is 4.77. The first-order valence-corrected chi connectivity index (χ1v) is 5.66. The van der Waals surface area contributed by atoms with Crippen molar-refractivity contribution in [1.82, 2.24) is 5.32 Å². The predicted octanol–water partition coefficient (Wildman–Crippen LogP) is 2.52. The van der Waals surface area contributed by atoms with Crippen molar-refractivity contribution >= 4 is 17.4 Å². The highest BCUT2D eigenvalue weighted by atomic mass is 35.5. The van der Waals surface area contributed by atoms with Crippen molar-refractivity contribution in [1.29, 1.82) is 0 Å². The molecule has 0 amide bonds. The molecular formula is C12H14ClNO. The van der Waals surface area contributed by atoms with Gasteiger partial charge in [-0.15, -0.1) is 0 Å². The highest BCUT2D eigenvalue weighted by Gasteiger charge is 2.23. The third-order valence-electron chi connectivity index (χ3n) is 2.81. The van der Waals surface area contributed by atoms with Crippen molar-refractivity contribution in [3.63, 3.8) is 0 Å². The summed E-state index contributed by atoms with van der Waals surface area (Å²) in [6, 6.07) is 7.28. The second-order valence-electron chi connectivity index (χ2n) is 3.89. The van der Waals surface area contributed by atoms with Gasteiger partial charge in [-0.2, -0.15) is 0 Å². The van der Waals surface area contributed by atoms with Crippen molar-refractivity contribution in [2.75, 3.05) is 13.1 Å². The molecule has 0 saturated carbocycles. The van der Waals surface area contributed by atoms with Crippen LogP contribution in [-0.4, -0.2) is 18.9 Å². The van der Waals surface area contributed by atoms with Crippen molar-refractivity contribution < 1.29 is 4.79 Å². The van der Waals surface area contributed by atoms with Gasteiger partial charge >= 0.3 is 0 Å². The second-order valence-corrected chi connectivity index (χ2v) is 4.29. The van der Waals surface area contributed by atoms with E-state index in [1.54, 1.807) is 12.1 Å². The molecule has 3 heteroatoms. The van der Waals surface area contributed by atoms with Crippen LogP contribution in [-0.2, 0) is 0 Å². The van der Waals surface area contributed by atoms with E-state index in [9.17, 15) is 4.79 Å². The zero-order valence-electron chi connectivity index (χ0n) is 8.50. The van der Waals surface area contributed by atoms with E-state index in [0.29, 0.717) is 10.6 Å². The Hall–Kier alpha value is -0.860. The molecule has 0 spiro atoms. The maximum Gasteiger partial charge on any atom is 0.168 e. The number of halogens is 1. The smallest absolute Gasteiger partial charge is 0.168 e. The van der Waals surface area contributed by atoms with Crippen LogP contribution in [0.25, 0.3) is 0 Å². The Morgan fingerprint density at radius 1 is 1.40 bits per heavy atom. The molecule has 15 heavy (non-hydrogen) atoms. The van der Waals surface area contributed by atoms with Crippen LogP contribution in [0.4, 0.5) is 0 Å². The summed E-state index contributed by atoms with van der Waals surface area (Å²) in [6.45, 7) is 1.80. The number of nitrogens with one attached hydrogen (secondary N) is 1. The fraction of sp³-hybridized carbons (Fsp3) is 0.417. The van der Waals surface area contributed by atoms with Crippen LogP contribution < -0.4 is 5.32 Å². The Kier molecular flexibility index (Phi) is 3.39. The summed E-state index contributed by atoms with van der Waals surface area (Å²) in [5, 5.41) is 3.80. The Morgan fingerprint density at radius 2 is 2.20 bits per heavy atom. The number of ketones is 1. The molecule has 80 valence electrons. The Labute approximate surface area is 94.6 Å². The van der Waals surface area contributed by atoms with E-state index < -0.39 is 0 Å². The molecule has 1 N–H and O–H groups in total. The molecule has 1 aliphatic rings. The van der Waals surface area contributed by atoms with Gasteiger partial charge in [-0.25, -0.2) is 0 Å². The first-order chi connectivity index (χ1) is 7.29. The molecular weight excluding hydrogens is 210 g/mol. The summed E-state index contributed by atoms with van der Waals surface area (Å²) < 4.78 is 0. The minimum absolute atomic E-state index is 0.0960. The largest absolute Gasteiger partial charge is 0.316 e. The highest BCUT2D eigenvalue weighted by molar-refractivity contribution is 6.34. The van der Waals surface area contributed by atoms with Gasteiger partial charge in [0.25, 0.3) is 0 Å². The molecule has 0 aromatic heterocycles. The summed E-state index contributed by atoms with van der Waals surface area (Å²) in [4.78, 5) is 12.1. The number of carbonyl (C=O) groups excluding carboxylic acids is 1. The van der Waals surface area contributed by atoms with E-state index in [0.717, 1.165) is 25.9 Å². The lowest BCUT2D eigenvalue weighted by Crippen LogP contribution is -2.34. The first-order valence-electron chi connectivity index (χ1n) is 5.28. The Morgan fingerprint density at radius 3 is 2.87 bits per heavy atom. The zero-order chi connectivity index (χ0) is 10.7. The van der Waals surface area contributed by atoms with E-state index in [-0.39, 0.29) is 11.7 Å². The van der Waals surface area contributed by atoms with Crippen LogP contribution in [0.3, 0.4) is 0 Å². The molecule has 1 atom stereocenters. The fourth-order valence-corrected chi connectivity index (χ4v) is 2.19. The number of benzene rings is 1. The van der Waals surface area contributed by atoms with Crippen molar-refractivity contribution in [2.24, 2.45) is 5.92 Å². The van der Waals surface area contributed by atoms with Gasteiger partial charge in [-0.3, -0.25) is 4.79 Å². The van der Waals surface area contributed by atoms with Crippen molar-refractivity contribution in [2.45, 2.75) is 12.8 Å². The average molecular weight is 224 g/mol. The first kappa shape index (κ1) is 10.7. The summed E-state index contributed by atoms with van der Waals surface area (Å²) in [6.07, 6.45) is 2.04. The highest BCUT2D eigenvalue weighted by Crippen LogP contribution is 2.22. The van der Waals surface area contributed by atoms with Crippen LogP contribution >= 0.6 is 11.6 Å². The molecule has 1 fully saturated rings. The van der Waals surface area contributed by atoms with Crippen molar-refractivity contribution in [3.05, 3.63) is 34.9 Å². The maximum atomic E-state index is 12.1. The molecule has 1 aromatic carbocycles.